The highest BCUT2D eigenvalue weighted by Crippen LogP contribution is 2.14. The van der Waals surface area contributed by atoms with Gasteiger partial charge in [0.05, 0.1) is 0 Å². The van der Waals surface area contributed by atoms with E-state index in [1.807, 2.05) is 0 Å². The summed E-state index contributed by atoms with van der Waals surface area (Å²) in [5.74, 6) is 0. The van der Waals surface area contributed by atoms with E-state index in [0.29, 0.717) is 0 Å². The van der Waals surface area contributed by atoms with Gasteiger partial charge in [0.15, 0.2) is 0 Å². The zero-order valence-electron chi connectivity index (χ0n) is 27.6. The van der Waals surface area contributed by atoms with Crippen molar-refractivity contribution in [2.24, 2.45) is 0 Å². The summed E-state index contributed by atoms with van der Waals surface area (Å²) in [5, 5.41) is 0. The van der Waals surface area contributed by atoms with Gasteiger partial charge in [-0.25, -0.2) is 0 Å². The van der Waals surface area contributed by atoms with Gasteiger partial charge in [-0.15, -0.1) is 0 Å². The highest BCUT2D eigenvalue weighted by atomic mass is 15.1. The van der Waals surface area contributed by atoms with Gasteiger partial charge in [-0.2, -0.15) is 0 Å². The summed E-state index contributed by atoms with van der Waals surface area (Å²) in [4.78, 5) is 2.82. The molecule has 0 aliphatic carbocycles. The number of aryl methyl sites for hydroxylation is 3. The van der Waals surface area contributed by atoms with Gasteiger partial charge in [-0.3, -0.25) is 0 Å². The van der Waals surface area contributed by atoms with Crippen LogP contribution in [0.4, 0.5) is 0 Å². The van der Waals surface area contributed by atoms with Crippen LogP contribution in [0, 0.1) is 0 Å². The second-order valence-corrected chi connectivity index (χ2v) is 12.9. The maximum Gasteiger partial charge on any atom is -0.00187 e. The van der Waals surface area contributed by atoms with E-state index in [1.165, 1.54) is 171 Å². The van der Waals surface area contributed by atoms with Crippen LogP contribution in [0.2, 0.25) is 0 Å². The summed E-state index contributed by atoms with van der Waals surface area (Å²) < 4.78 is 0. The predicted molar refractivity (Wildman–Crippen MR) is 190 cm³/mol. The van der Waals surface area contributed by atoms with Gasteiger partial charge in [0, 0.05) is 0 Å². The Morgan fingerprint density at radius 2 is 0.488 bits per heavy atom. The van der Waals surface area contributed by atoms with Crippen LogP contribution in [0.15, 0.2) is 91.0 Å². The maximum atomic E-state index is 2.82. The fourth-order valence-corrected chi connectivity index (χ4v) is 6.38. The van der Waals surface area contributed by atoms with Crippen LogP contribution >= 0.6 is 0 Å². The number of hydrogen-bond acceptors (Lipinski definition) is 1. The van der Waals surface area contributed by atoms with Crippen LogP contribution in [0.1, 0.15) is 132 Å². The SMILES string of the molecule is c1ccc(CCCCCCCCN(CCCCCCCCc2ccccc2)CCCCCCCCc2ccccc2)cc1. The molecule has 0 N–H and O–H groups in total. The van der Waals surface area contributed by atoms with E-state index in [2.05, 4.69) is 95.9 Å². The average molecular weight is 582 g/mol. The van der Waals surface area contributed by atoms with Crippen LogP contribution in [-0.2, 0) is 19.3 Å². The molecule has 0 aliphatic rings. The fraction of sp³-hybridized carbons (Fsp3) is 0.571. The Labute approximate surface area is 266 Å². The van der Waals surface area contributed by atoms with Crippen molar-refractivity contribution in [2.45, 2.75) is 135 Å². The van der Waals surface area contributed by atoms with Crippen molar-refractivity contribution < 1.29 is 0 Å². The fourth-order valence-electron chi connectivity index (χ4n) is 6.38. The van der Waals surface area contributed by atoms with Crippen molar-refractivity contribution >= 4 is 0 Å². The highest BCUT2D eigenvalue weighted by Gasteiger charge is 2.05. The molecule has 0 spiro atoms. The van der Waals surface area contributed by atoms with E-state index in [-0.39, 0.29) is 0 Å². The lowest BCUT2D eigenvalue weighted by atomic mass is 10.0. The molecule has 0 saturated carbocycles. The summed E-state index contributed by atoms with van der Waals surface area (Å²) in [6.07, 6.45) is 28.7. The Bertz CT molecular complexity index is 851. The molecular weight excluding hydrogens is 518 g/mol. The minimum atomic E-state index is 1.24. The molecule has 0 amide bonds. The molecular formula is C42H63N. The molecule has 3 aromatic rings. The van der Waals surface area contributed by atoms with Gasteiger partial charge in [0.2, 0.25) is 0 Å². The molecule has 0 atom stereocenters. The largest absolute Gasteiger partial charge is 0.303 e. The van der Waals surface area contributed by atoms with Crippen molar-refractivity contribution in [1.29, 1.82) is 0 Å². The molecule has 0 heterocycles. The first kappa shape index (κ1) is 35.1. The third-order valence-electron chi connectivity index (χ3n) is 9.10. The van der Waals surface area contributed by atoms with Gasteiger partial charge in [-0.05, 0) is 94.1 Å². The molecule has 0 aliphatic heterocycles. The molecule has 1 nitrogen and oxygen atoms in total. The van der Waals surface area contributed by atoms with Crippen LogP contribution < -0.4 is 0 Å². The molecule has 0 aromatic heterocycles. The third-order valence-corrected chi connectivity index (χ3v) is 9.10. The van der Waals surface area contributed by atoms with Crippen molar-refractivity contribution in [3.05, 3.63) is 108 Å². The number of benzene rings is 3. The second-order valence-electron chi connectivity index (χ2n) is 12.9. The van der Waals surface area contributed by atoms with Crippen molar-refractivity contribution in [1.82, 2.24) is 4.90 Å². The maximum absolute atomic E-state index is 2.82. The molecule has 3 aromatic carbocycles. The topological polar surface area (TPSA) is 3.24 Å². The normalized spacial score (nSPS) is 11.4. The van der Waals surface area contributed by atoms with Crippen LogP contribution in [-0.4, -0.2) is 24.5 Å². The quantitative estimate of drug-likeness (QED) is 0.0809. The van der Waals surface area contributed by atoms with Gasteiger partial charge in [-0.1, -0.05) is 168 Å². The van der Waals surface area contributed by atoms with Crippen LogP contribution in [0.5, 0.6) is 0 Å². The minimum Gasteiger partial charge on any atom is -0.303 e. The Hall–Kier alpha value is -2.38. The number of rotatable bonds is 27. The number of unbranched alkanes of at least 4 members (excludes halogenated alkanes) is 15. The van der Waals surface area contributed by atoms with Crippen LogP contribution in [0.3, 0.4) is 0 Å². The smallest absolute Gasteiger partial charge is 0.00187 e. The van der Waals surface area contributed by atoms with E-state index < -0.39 is 0 Å². The average Bonchev–Trinajstić information content (AvgIpc) is 3.05. The van der Waals surface area contributed by atoms with Crippen LogP contribution in [0.25, 0.3) is 0 Å². The number of nitrogens with zero attached hydrogens (tertiary/aromatic N) is 1. The Kier molecular flexibility index (Phi) is 20.4. The monoisotopic (exact) mass is 581 g/mol. The van der Waals surface area contributed by atoms with Crippen molar-refractivity contribution in [2.75, 3.05) is 19.6 Å². The molecule has 0 unspecified atom stereocenters. The minimum absolute atomic E-state index is 1.24. The van der Waals surface area contributed by atoms with Gasteiger partial charge < -0.3 is 4.90 Å². The summed E-state index contributed by atoms with van der Waals surface area (Å²) in [7, 11) is 0. The molecule has 43 heavy (non-hydrogen) atoms. The van der Waals surface area contributed by atoms with E-state index in [4.69, 9.17) is 0 Å². The van der Waals surface area contributed by atoms with E-state index in [9.17, 15) is 0 Å². The summed E-state index contributed by atoms with van der Waals surface area (Å²) in [6.45, 7) is 3.95. The van der Waals surface area contributed by atoms with Gasteiger partial charge >= 0.3 is 0 Å². The Morgan fingerprint density at radius 3 is 0.767 bits per heavy atom. The second kappa shape index (κ2) is 25.0. The van der Waals surface area contributed by atoms with E-state index in [0.717, 1.165) is 0 Å². The lowest BCUT2D eigenvalue weighted by Crippen LogP contribution is -2.27. The molecule has 3 rings (SSSR count). The lowest BCUT2D eigenvalue weighted by molar-refractivity contribution is 0.254. The molecule has 0 fully saturated rings. The summed E-state index contributed by atoms with van der Waals surface area (Å²) in [5.41, 5.74) is 4.49. The van der Waals surface area contributed by atoms with Gasteiger partial charge in [0.25, 0.3) is 0 Å². The van der Waals surface area contributed by atoms with E-state index in [1.54, 1.807) is 0 Å². The van der Waals surface area contributed by atoms with Crippen molar-refractivity contribution in [3.8, 4) is 0 Å². The van der Waals surface area contributed by atoms with Gasteiger partial charge in [0.1, 0.15) is 0 Å². The standard InChI is InChI=1S/C42H63N/c1(7-16-28-40-31-19-13-20-32-40)4-10-25-37-43(38-26-11-5-2-8-17-29-41-33-21-14-22-34-41)39-27-12-6-3-9-18-30-42-35-23-15-24-36-42/h13-15,19-24,31-36H,1-12,16-18,25-30,37-39H2. The molecule has 0 radical (unpaired) electrons. The van der Waals surface area contributed by atoms with Crippen molar-refractivity contribution in [3.63, 3.8) is 0 Å². The third kappa shape index (κ3) is 18.8. The van der Waals surface area contributed by atoms with E-state index >= 15 is 0 Å². The summed E-state index contributed by atoms with van der Waals surface area (Å²) >= 11 is 0. The summed E-state index contributed by atoms with van der Waals surface area (Å²) in [6, 6.07) is 33.0. The molecule has 0 saturated heterocycles. The molecule has 1 heteroatoms. The zero-order chi connectivity index (χ0) is 29.9. The first-order chi connectivity index (χ1) is 21.4. The number of hydrogen-bond donors (Lipinski definition) is 0. The lowest BCUT2D eigenvalue weighted by Gasteiger charge is -2.22. The molecule has 0 bridgehead atoms. The zero-order valence-corrected chi connectivity index (χ0v) is 27.6. The molecule has 236 valence electrons. The Morgan fingerprint density at radius 1 is 0.256 bits per heavy atom. The first-order valence-corrected chi connectivity index (χ1v) is 18.2. The first-order valence-electron chi connectivity index (χ1n) is 18.2. The highest BCUT2D eigenvalue weighted by molar-refractivity contribution is 5.15. The Balaban J connectivity index is 1.20. The predicted octanol–water partition coefficient (Wildman–Crippen LogP) is 12.0.